The third-order valence-corrected chi connectivity index (χ3v) is 7.24. The molecule has 2 fully saturated rings. The average molecular weight is 361 g/mol. The Labute approximate surface area is 148 Å². The van der Waals surface area contributed by atoms with Gasteiger partial charge in [-0.3, -0.25) is 9.59 Å². The van der Waals surface area contributed by atoms with Crippen molar-refractivity contribution in [1.29, 1.82) is 0 Å². The predicted molar refractivity (Wildman–Crippen MR) is 98.4 cm³/mol. The van der Waals surface area contributed by atoms with Gasteiger partial charge in [-0.2, -0.15) is 4.36 Å². The van der Waals surface area contributed by atoms with Gasteiger partial charge >= 0.3 is 0 Å². The standard InChI is InChI=1S/C19H23NO4S/c1-13-14(19(23)18-16(21)9-6-10-17(18)22)7-5-8-15(13)20-25(24)11-3-2-4-12-25/h5,7-8,23H,2-4,6,9-12H2,1H3. The fourth-order valence-corrected chi connectivity index (χ4v) is 5.65. The third kappa shape index (κ3) is 3.68. The molecule has 1 saturated heterocycles. The van der Waals surface area contributed by atoms with Crippen molar-refractivity contribution in [3.63, 3.8) is 0 Å². The maximum atomic E-state index is 12.9. The molecule has 1 aliphatic heterocycles. The molecule has 25 heavy (non-hydrogen) atoms. The predicted octanol–water partition coefficient (Wildman–Crippen LogP) is 3.87. The van der Waals surface area contributed by atoms with E-state index in [2.05, 4.69) is 4.36 Å². The molecule has 6 heteroatoms. The Morgan fingerprint density at radius 3 is 2.32 bits per heavy atom. The largest absolute Gasteiger partial charge is 0.506 e. The molecule has 1 aromatic carbocycles. The second-order valence-electron chi connectivity index (χ2n) is 6.71. The summed E-state index contributed by atoms with van der Waals surface area (Å²) in [7, 11) is -2.26. The number of benzene rings is 1. The second-order valence-corrected chi connectivity index (χ2v) is 9.25. The Morgan fingerprint density at radius 2 is 1.68 bits per heavy atom. The number of rotatable bonds is 2. The average Bonchev–Trinajstić information content (AvgIpc) is 2.57. The van der Waals surface area contributed by atoms with E-state index in [0.29, 0.717) is 34.7 Å². The third-order valence-electron chi connectivity index (χ3n) is 4.85. The Balaban J connectivity index is 2.07. The van der Waals surface area contributed by atoms with E-state index in [9.17, 15) is 18.9 Å². The molecule has 1 heterocycles. The van der Waals surface area contributed by atoms with Crippen LogP contribution in [0.3, 0.4) is 0 Å². The molecule has 0 spiro atoms. The van der Waals surface area contributed by atoms with Crippen LogP contribution < -0.4 is 0 Å². The summed E-state index contributed by atoms with van der Waals surface area (Å²) < 4.78 is 17.4. The first-order chi connectivity index (χ1) is 11.9. The van der Waals surface area contributed by atoms with E-state index >= 15 is 0 Å². The van der Waals surface area contributed by atoms with Gasteiger partial charge in [0.15, 0.2) is 11.6 Å². The van der Waals surface area contributed by atoms with E-state index in [1.807, 2.05) is 0 Å². The summed E-state index contributed by atoms with van der Waals surface area (Å²) in [6, 6.07) is 5.14. The lowest BCUT2D eigenvalue weighted by molar-refractivity contribution is -0.123. The van der Waals surface area contributed by atoms with E-state index in [4.69, 9.17) is 0 Å². The number of carbonyl (C=O) groups excluding carboxylic acids is 2. The summed E-state index contributed by atoms with van der Waals surface area (Å²) >= 11 is 0. The molecule has 5 nitrogen and oxygen atoms in total. The Morgan fingerprint density at radius 1 is 1.04 bits per heavy atom. The van der Waals surface area contributed by atoms with Crippen molar-refractivity contribution in [2.45, 2.75) is 45.4 Å². The Bertz CT molecular complexity index is 845. The molecule has 0 aromatic heterocycles. The molecule has 134 valence electrons. The summed E-state index contributed by atoms with van der Waals surface area (Å²) in [6.45, 7) is 1.77. The number of ketones is 2. The van der Waals surface area contributed by atoms with Crippen LogP contribution >= 0.6 is 0 Å². The topological polar surface area (TPSA) is 83.8 Å². The van der Waals surface area contributed by atoms with Gasteiger partial charge in [-0.05, 0) is 37.8 Å². The zero-order valence-corrected chi connectivity index (χ0v) is 15.2. The van der Waals surface area contributed by atoms with Crippen LogP contribution in [0.1, 0.15) is 49.7 Å². The number of hydrogen-bond donors (Lipinski definition) is 1. The van der Waals surface area contributed by atoms with Gasteiger partial charge in [0.05, 0.1) is 15.4 Å². The van der Waals surface area contributed by atoms with Crippen LogP contribution in [-0.2, 0) is 19.3 Å². The number of Topliss-reactive ketones (excluding diaryl/α,β-unsaturated/α-hetero) is 2. The smallest absolute Gasteiger partial charge is 0.170 e. The lowest BCUT2D eigenvalue weighted by Crippen LogP contribution is -2.20. The van der Waals surface area contributed by atoms with Crippen LogP contribution in [0, 0.1) is 6.92 Å². The fourth-order valence-electron chi connectivity index (χ4n) is 3.40. The van der Waals surface area contributed by atoms with E-state index in [0.717, 1.165) is 19.3 Å². The van der Waals surface area contributed by atoms with Crippen molar-refractivity contribution >= 4 is 32.7 Å². The van der Waals surface area contributed by atoms with Gasteiger partial charge in [-0.25, -0.2) is 4.21 Å². The zero-order valence-electron chi connectivity index (χ0n) is 14.4. The normalized spacial score (nSPS) is 20.4. The van der Waals surface area contributed by atoms with Crippen LogP contribution in [-0.4, -0.2) is 32.4 Å². The molecule has 0 atom stereocenters. The van der Waals surface area contributed by atoms with Gasteiger partial charge in [-0.1, -0.05) is 18.6 Å². The van der Waals surface area contributed by atoms with Crippen LogP contribution in [0.2, 0.25) is 0 Å². The highest BCUT2D eigenvalue weighted by Gasteiger charge is 2.28. The van der Waals surface area contributed by atoms with Crippen molar-refractivity contribution in [3.05, 3.63) is 34.9 Å². The van der Waals surface area contributed by atoms with Gasteiger partial charge in [0.1, 0.15) is 11.3 Å². The maximum absolute atomic E-state index is 12.9. The maximum Gasteiger partial charge on any atom is 0.170 e. The number of carbonyl (C=O) groups is 2. The second kappa shape index (κ2) is 7.12. The fraction of sp³-hybridized carbons (Fsp3) is 0.474. The van der Waals surface area contributed by atoms with E-state index in [-0.39, 0.29) is 35.7 Å². The van der Waals surface area contributed by atoms with Crippen molar-refractivity contribution in [2.75, 3.05) is 11.5 Å². The highest BCUT2D eigenvalue weighted by Crippen LogP contribution is 2.32. The van der Waals surface area contributed by atoms with Gasteiger partial charge in [-0.15, -0.1) is 0 Å². The minimum atomic E-state index is -2.26. The van der Waals surface area contributed by atoms with Crippen LogP contribution in [0.25, 0.3) is 5.76 Å². The monoisotopic (exact) mass is 361 g/mol. The van der Waals surface area contributed by atoms with Crippen LogP contribution in [0.5, 0.6) is 0 Å². The molecule has 3 rings (SSSR count). The Hall–Kier alpha value is -1.95. The first-order valence-electron chi connectivity index (χ1n) is 8.73. The molecule has 2 aliphatic rings. The molecular weight excluding hydrogens is 338 g/mol. The van der Waals surface area contributed by atoms with E-state index < -0.39 is 9.73 Å². The number of hydrogen-bond acceptors (Lipinski definition) is 5. The molecule has 0 amide bonds. The minimum Gasteiger partial charge on any atom is -0.506 e. The Kier molecular flexibility index (Phi) is 5.08. The highest BCUT2D eigenvalue weighted by molar-refractivity contribution is 7.93. The lowest BCUT2D eigenvalue weighted by Gasteiger charge is -2.17. The number of nitrogens with zero attached hydrogens (tertiary/aromatic N) is 1. The van der Waals surface area contributed by atoms with Gasteiger partial charge in [0, 0.05) is 29.9 Å². The van der Waals surface area contributed by atoms with Crippen LogP contribution in [0.15, 0.2) is 28.1 Å². The molecule has 1 aromatic rings. The lowest BCUT2D eigenvalue weighted by atomic mass is 9.89. The van der Waals surface area contributed by atoms with Gasteiger partial charge in [0.2, 0.25) is 0 Å². The first-order valence-corrected chi connectivity index (χ1v) is 10.6. The summed E-state index contributed by atoms with van der Waals surface area (Å²) in [5, 5.41) is 10.6. The highest BCUT2D eigenvalue weighted by atomic mass is 32.2. The SMILES string of the molecule is Cc1c(N=S2(=O)CCCCC2)cccc1C(O)=C1C(=O)CCCC1=O. The summed E-state index contributed by atoms with van der Waals surface area (Å²) in [6.07, 6.45) is 4.01. The zero-order chi connectivity index (χ0) is 18.0. The minimum absolute atomic E-state index is 0.103. The summed E-state index contributed by atoms with van der Waals surface area (Å²) in [5.74, 6) is 0.298. The van der Waals surface area contributed by atoms with E-state index in [1.165, 1.54) is 0 Å². The molecule has 1 aliphatic carbocycles. The van der Waals surface area contributed by atoms with Crippen molar-refractivity contribution in [1.82, 2.24) is 0 Å². The summed E-state index contributed by atoms with van der Waals surface area (Å²) in [4.78, 5) is 24.2. The molecule has 1 saturated carbocycles. The molecule has 0 bridgehead atoms. The molecule has 0 unspecified atom stereocenters. The summed E-state index contributed by atoms with van der Waals surface area (Å²) in [5.41, 5.74) is 1.52. The van der Waals surface area contributed by atoms with Crippen LogP contribution in [0.4, 0.5) is 5.69 Å². The van der Waals surface area contributed by atoms with Gasteiger partial charge < -0.3 is 5.11 Å². The van der Waals surface area contributed by atoms with Crippen molar-refractivity contribution in [2.24, 2.45) is 4.36 Å². The van der Waals surface area contributed by atoms with Crippen molar-refractivity contribution < 1.29 is 18.9 Å². The molecular formula is C19H23NO4S. The number of aliphatic hydroxyl groups excluding tert-OH is 1. The van der Waals surface area contributed by atoms with Crippen molar-refractivity contribution in [3.8, 4) is 0 Å². The first kappa shape index (κ1) is 17.9. The van der Waals surface area contributed by atoms with E-state index in [1.54, 1.807) is 25.1 Å². The van der Waals surface area contributed by atoms with Gasteiger partial charge in [0.25, 0.3) is 0 Å². The molecule has 1 N–H and O–H groups in total. The number of aliphatic hydroxyl groups is 1. The molecule has 0 radical (unpaired) electrons. The number of allylic oxidation sites excluding steroid dienone is 1. The quantitative estimate of drug-likeness (QED) is 0.492.